The summed E-state index contributed by atoms with van der Waals surface area (Å²) in [6, 6.07) is 5.47. The zero-order valence-electron chi connectivity index (χ0n) is 16.7. The lowest BCUT2D eigenvalue weighted by Crippen LogP contribution is -2.28. The van der Waals surface area contributed by atoms with E-state index in [4.69, 9.17) is 15.2 Å². The van der Waals surface area contributed by atoms with Crippen molar-refractivity contribution in [1.82, 2.24) is 14.5 Å². The van der Waals surface area contributed by atoms with Crippen LogP contribution in [-0.2, 0) is 9.84 Å². The number of aromatic nitrogens is 3. The second kappa shape index (κ2) is 8.19. The number of nitrogens with two attached hydrogens (primary N) is 1. The number of benzene rings is 1. The Hall–Kier alpha value is -3.34. The van der Waals surface area contributed by atoms with Gasteiger partial charge in [0.1, 0.15) is 9.84 Å². The van der Waals surface area contributed by atoms with E-state index in [0.717, 1.165) is 6.26 Å². The standard InChI is InChI=1S/C19H22N4O6S/c1-4-29-16-8-11(5-6-15(16)28-2)14(10-30(3,26)27)23-18-13(22-19(23)25)7-12(9-21-18)17(20)24/h5-9,14H,4,10H2,1-3H3,(H2,20,24)(H,22,25)/t14-/m1/s1. The molecule has 3 N–H and O–H groups in total. The molecule has 3 aromatic rings. The molecule has 0 saturated heterocycles. The van der Waals surface area contributed by atoms with E-state index in [2.05, 4.69) is 9.97 Å². The first-order valence-corrected chi connectivity index (χ1v) is 11.1. The monoisotopic (exact) mass is 434 g/mol. The maximum Gasteiger partial charge on any atom is 0.328 e. The Labute approximate surface area is 172 Å². The third-order valence-corrected chi connectivity index (χ3v) is 5.41. The molecule has 0 spiro atoms. The van der Waals surface area contributed by atoms with Crippen molar-refractivity contribution in [3.63, 3.8) is 0 Å². The SMILES string of the molecule is CCOc1cc([C@@H](CS(C)(=O)=O)n2c(=O)[nH]c3cc(C(N)=O)cnc32)ccc1OC. The summed E-state index contributed by atoms with van der Waals surface area (Å²) < 4.78 is 36.5. The lowest BCUT2D eigenvalue weighted by Gasteiger charge is -2.20. The summed E-state index contributed by atoms with van der Waals surface area (Å²) in [6.45, 7) is 2.19. The van der Waals surface area contributed by atoms with Gasteiger partial charge in [0.25, 0.3) is 0 Å². The summed E-state index contributed by atoms with van der Waals surface area (Å²) in [4.78, 5) is 31.0. The maximum atomic E-state index is 12.8. The van der Waals surface area contributed by atoms with Crippen LogP contribution in [0, 0.1) is 0 Å². The van der Waals surface area contributed by atoms with Crippen molar-refractivity contribution in [2.24, 2.45) is 5.73 Å². The number of hydrogen-bond donors (Lipinski definition) is 2. The number of rotatable bonds is 8. The number of methoxy groups -OCH3 is 1. The maximum absolute atomic E-state index is 12.8. The highest BCUT2D eigenvalue weighted by molar-refractivity contribution is 7.90. The van der Waals surface area contributed by atoms with Gasteiger partial charge in [-0.25, -0.2) is 18.2 Å². The molecule has 1 amide bonds. The van der Waals surface area contributed by atoms with Crippen LogP contribution in [0.1, 0.15) is 28.9 Å². The molecule has 0 unspecified atom stereocenters. The van der Waals surface area contributed by atoms with Crippen LogP contribution in [0.15, 0.2) is 35.3 Å². The van der Waals surface area contributed by atoms with Gasteiger partial charge in [-0.1, -0.05) is 6.07 Å². The molecule has 0 aliphatic rings. The molecule has 1 aromatic carbocycles. The van der Waals surface area contributed by atoms with E-state index in [0.29, 0.717) is 23.7 Å². The lowest BCUT2D eigenvalue weighted by molar-refractivity contribution is 0.1000. The lowest BCUT2D eigenvalue weighted by atomic mass is 10.1. The Morgan fingerprint density at radius 2 is 2.03 bits per heavy atom. The van der Waals surface area contributed by atoms with Gasteiger partial charge in [-0.05, 0) is 30.7 Å². The van der Waals surface area contributed by atoms with E-state index in [1.807, 2.05) is 6.92 Å². The minimum Gasteiger partial charge on any atom is -0.493 e. The van der Waals surface area contributed by atoms with Crippen LogP contribution in [0.3, 0.4) is 0 Å². The van der Waals surface area contributed by atoms with Crippen molar-refractivity contribution in [3.8, 4) is 11.5 Å². The van der Waals surface area contributed by atoms with Crippen LogP contribution in [-0.4, -0.2) is 54.6 Å². The fourth-order valence-corrected chi connectivity index (χ4v) is 4.13. The van der Waals surface area contributed by atoms with Gasteiger partial charge in [0.2, 0.25) is 5.91 Å². The molecule has 11 heteroatoms. The highest BCUT2D eigenvalue weighted by Crippen LogP contribution is 2.32. The third-order valence-electron chi connectivity index (χ3n) is 4.48. The number of ether oxygens (including phenoxy) is 2. The fourth-order valence-electron chi connectivity index (χ4n) is 3.21. The van der Waals surface area contributed by atoms with Crippen molar-refractivity contribution in [3.05, 3.63) is 52.1 Å². The van der Waals surface area contributed by atoms with E-state index in [1.54, 1.807) is 18.2 Å². The molecule has 2 aromatic heterocycles. The first kappa shape index (κ1) is 21.4. The number of carbonyl (C=O) groups excluding carboxylic acids is 1. The average molecular weight is 434 g/mol. The van der Waals surface area contributed by atoms with Crippen molar-refractivity contribution >= 4 is 26.9 Å². The van der Waals surface area contributed by atoms with Gasteiger partial charge in [0.15, 0.2) is 17.1 Å². The van der Waals surface area contributed by atoms with Crippen molar-refractivity contribution in [2.45, 2.75) is 13.0 Å². The van der Waals surface area contributed by atoms with Crippen LogP contribution in [0.25, 0.3) is 11.2 Å². The Morgan fingerprint density at radius 3 is 2.63 bits per heavy atom. The molecule has 0 radical (unpaired) electrons. The predicted molar refractivity (Wildman–Crippen MR) is 111 cm³/mol. The van der Waals surface area contributed by atoms with Crippen LogP contribution in [0.5, 0.6) is 11.5 Å². The topological polar surface area (TPSA) is 146 Å². The number of imidazole rings is 1. The number of fused-ring (bicyclic) bond motifs is 1. The second-order valence-electron chi connectivity index (χ2n) is 6.71. The largest absolute Gasteiger partial charge is 0.493 e. The quantitative estimate of drug-likeness (QED) is 0.534. The van der Waals surface area contributed by atoms with Gasteiger partial charge >= 0.3 is 5.69 Å². The average Bonchev–Trinajstić information content (AvgIpc) is 3.00. The van der Waals surface area contributed by atoms with Gasteiger partial charge in [-0.3, -0.25) is 9.36 Å². The van der Waals surface area contributed by atoms with Gasteiger partial charge < -0.3 is 20.2 Å². The normalized spacial score (nSPS) is 12.6. The zero-order chi connectivity index (χ0) is 22.1. The molecule has 0 saturated carbocycles. The summed E-state index contributed by atoms with van der Waals surface area (Å²) in [7, 11) is -2.00. The summed E-state index contributed by atoms with van der Waals surface area (Å²) in [5, 5.41) is 0. The number of sulfone groups is 1. The molecule has 0 aliphatic heterocycles. The summed E-state index contributed by atoms with van der Waals surface area (Å²) in [6.07, 6.45) is 2.33. The molecule has 10 nitrogen and oxygen atoms in total. The summed E-state index contributed by atoms with van der Waals surface area (Å²) in [5.74, 6) is -0.138. The number of aromatic amines is 1. The number of H-pyrrole nitrogens is 1. The Kier molecular flexibility index (Phi) is 5.83. The summed E-state index contributed by atoms with van der Waals surface area (Å²) >= 11 is 0. The predicted octanol–water partition coefficient (Wildman–Crippen LogP) is 0.865. The first-order chi connectivity index (χ1) is 14.1. The fraction of sp³-hybridized carbons (Fsp3) is 0.316. The van der Waals surface area contributed by atoms with E-state index in [9.17, 15) is 18.0 Å². The first-order valence-electron chi connectivity index (χ1n) is 9.03. The van der Waals surface area contributed by atoms with Gasteiger partial charge in [0, 0.05) is 12.5 Å². The van der Waals surface area contributed by atoms with Crippen LogP contribution in [0.2, 0.25) is 0 Å². The van der Waals surface area contributed by atoms with Crippen molar-refractivity contribution in [1.29, 1.82) is 0 Å². The molecule has 0 aliphatic carbocycles. The third kappa shape index (κ3) is 4.30. The minimum atomic E-state index is -3.49. The van der Waals surface area contributed by atoms with Gasteiger partial charge in [-0.15, -0.1) is 0 Å². The van der Waals surface area contributed by atoms with Gasteiger partial charge in [0.05, 0.1) is 36.6 Å². The smallest absolute Gasteiger partial charge is 0.328 e. The molecule has 160 valence electrons. The highest BCUT2D eigenvalue weighted by Gasteiger charge is 2.25. The molecule has 3 rings (SSSR count). The van der Waals surface area contributed by atoms with E-state index in [1.165, 1.54) is 23.9 Å². The number of amides is 1. The molecule has 0 fully saturated rings. The highest BCUT2D eigenvalue weighted by atomic mass is 32.2. The molecule has 2 heterocycles. The zero-order valence-corrected chi connectivity index (χ0v) is 17.5. The van der Waals surface area contributed by atoms with Crippen LogP contribution < -0.4 is 20.9 Å². The molecular formula is C19H22N4O6S. The van der Waals surface area contributed by atoms with E-state index in [-0.39, 0.29) is 22.5 Å². The van der Waals surface area contributed by atoms with Gasteiger partial charge in [-0.2, -0.15) is 0 Å². The van der Waals surface area contributed by atoms with E-state index < -0.39 is 27.5 Å². The number of hydrogen-bond acceptors (Lipinski definition) is 7. The number of nitrogens with one attached hydrogen (secondary N) is 1. The molecular weight excluding hydrogens is 412 g/mol. The number of primary amides is 1. The number of carbonyl (C=O) groups is 1. The molecule has 0 bridgehead atoms. The Bertz CT molecular complexity index is 1260. The second-order valence-corrected chi connectivity index (χ2v) is 8.90. The minimum absolute atomic E-state index is 0.124. The number of pyridine rings is 1. The Morgan fingerprint density at radius 1 is 1.30 bits per heavy atom. The van der Waals surface area contributed by atoms with Crippen LogP contribution >= 0.6 is 0 Å². The van der Waals surface area contributed by atoms with Crippen LogP contribution in [0.4, 0.5) is 0 Å². The number of nitrogens with zero attached hydrogens (tertiary/aromatic N) is 2. The summed E-state index contributed by atoms with van der Waals surface area (Å²) in [5.41, 5.74) is 5.82. The van der Waals surface area contributed by atoms with Crippen molar-refractivity contribution in [2.75, 3.05) is 25.7 Å². The molecule has 30 heavy (non-hydrogen) atoms. The van der Waals surface area contributed by atoms with Crippen molar-refractivity contribution < 1.29 is 22.7 Å². The Balaban J connectivity index is 2.23. The molecule has 1 atom stereocenters. The van der Waals surface area contributed by atoms with E-state index >= 15 is 0 Å².